The Morgan fingerprint density at radius 2 is 1.72 bits per heavy atom. The minimum atomic E-state index is -0.205. The molecule has 8 heteroatoms. The van der Waals surface area contributed by atoms with Crippen molar-refractivity contribution in [3.63, 3.8) is 0 Å². The van der Waals surface area contributed by atoms with E-state index in [1.54, 1.807) is 54.4 Å². The van der Waals surface area contributed by atoms with Crippen molar-refractivity contribution in [2.24, 2.45) is 0 Å². The second-order valence-electron chi connectivity index (χ2n) is 6.79. The Labute approximate surface area is 189 Å². The largest absolute Gasteiger partial charge is 0.497 e. The van der Waals surface area contributed by atoms with E-state index >= 15 is 0 Å². The van der Waals surface area contributed by atoms with Crippen LogP contribution >= 0.6 is 11.8 Å². The molecule has 1 aromatic heterocycles. The third-order valence-corrected chi connectivity index (χ3v) is 5.59. The lowest BCUT2D eigenvalue weighted by molar-refractivity contribution is -0.113. The number of thioether (sulfide) groups is 1. The minimum Gasteiger partial charge on any atom is -0.497 e. The SMILES string of the molecule is COc1ccc(-n2cnnc2SCC(=O)Nc2cccc(C(=O)c3ccccc3)c2)cc1. The van der Waals surface area contributed by atoms with Gasteiger partial charge >= 0.3 is 0 Å². The van der Waals surface area contributed by atoms with Crippen molar-refractivity contribution in [3.8, 4) is 11.4 Å². The summed E-state index contributed by atoms with van der Waals surface area (Å²) >= 11 is 1.27. The molecule has 160 valence electrons. The van der Waals surface area contributed by atoms with Gasteiger partial charge in [-0.1, -0.05) is 54.2 Å². The Morgan fingerprint density at radius 1 is 0.969 bits per heavy atom. The summed E-state index contributed by atoms with van der Waals surface area (Å²) < 4.78 is 6.98. The maximum Gasteiger partial charge on any atom is 0.234 e. The highest BCUT2D eigenvalue weighted by Gasteiger charge is 2.13. The number of aromatic nitrogens is 3. The monoisotopic (exact) mass is 444 g/mol. The van der Waals surface area contributed by atoms with E-state index in [0.29, 0.717) is 22.0 Å². The van der Waals surface area contributed by atoms with Crippen molar-refractivity contribution < 1.29 is 14.3 Å². The fourth-order valence-corrected chi connectivity index (χ4v) is 3.79. The number of benzene rings is 3. The number of amides is 1. The van der Waals surface area contributed by atoms with Crippen LogP contribution in [0.1, 0.15) is 15.9 Å². The van der Waals surface area contributed by atoms with Gasteiger partial charge in [-0.3, -0.25) is 14.2 Å². The molecule has 0 fully saturated rings. The number of ether oxygens (including phenoxy) is 1. The molecular formula is C24H20N4O3S. The molecule has 4 aromatic rings. The van der Waals surface area contributed by atoms with Crippen LogP contribution in [0.25, 0.3) is 5.69 Å². The van der Waals surface area contributed by atoms with Crippen molar-refractivity contribution in [1.82, 2.24) is 14.8 Å². The number of carbonyl (C=O) groups is 2. The molecule has 0 saturated carbocycles. The first-order chi connectivity index (χ1) is 15.6. The summed E-state index contributed by atoms with van der Waals surface area (Å²) in [7, 11) is 1.61. The third kappa shape index (κ3) is 5.04. The number of hydrogen-bond donors (Lipinski definition) is 1. The molecule has 0 unspecified atom stereocenters. The fraction of sp³-hybridized carbons (Fsp3) is 0.0833. The predicted octanol–water partition coefficient (Wildman–Crippen LogP) is 4.24. The summed E-state index contributed by atoms with van der Waals surface area (Å²) in [4.78, 5) is 25.1. The zero-order valence-corrected chi connectivity index (χ0v) is 18.1. The molecule has 7 nitrogen and oxygen atoms in total. The molecule has 0 atom stereocenters. The van der Waals surface area contributed by atoms with E-state index in [-0.39, 0.29) is 17.4 Å². The topological polar surface area (TPSA) is 86.1 Å². The lowest BCUT2D eigenvalue weighted by Gasteiger charge is -2.09. The number of anilines is 1. The van der Waals surface area contributed by atoms with Crippen LogP contribution in [0.15, 0.2) is 90.3 Å². The van der Waals surface area contributed by atoms with Gasteiger partial charge < -0.3 is 10.1 Å². The highest BCUT2D eigenvalue weighted by atomic mass is 32.2. The van der Waals surface area contributed by atoms with Gasteiger partial charge in [0, 0.05) is 22.5 Å². The number of nitrogens with zero attached hydrogens (tertiary/aromatic N) is 3. The number of nitrogens with one attached hydrogen (secondary N) is 1. The Bertz CT molecular complexity index is 1220. The van der Waals surface area contributed by atoms with Crippen LogP contribution in [0.5, 0.6) is 5.75 Å². The van der Waals surface area contributed by atoms with Crippen molar-refractivity contribution in [2.45, 2.75) is 5.16 Å². The third-order valence-electron chi connectivity index (χ3n) is 4.64. The molecule has 0 saturated heterocycles. The van der Waals surface area contributed by atoms with Gasteiger partial charge in [-0.05, 0) is 36.4 Å². The number of methoxy groups -OCH3 is 1. The molecule has 1 amide bonds. The summed E-state index contributed by atoms with van der Waals surface area (Å²) in [5.74, 6) is 0.599. The Balaban J connectivity index is 1.39. The van der Waals surface area contributed by atoms with Gasteiger partial charge in [-0.25, -0.2) is 0 Å². The molecule has 32 heavy (non-hydrogen) atoms. The van der Waals surface area contributed by atoms with E-state index in [4.69, 9.17) is 4.74 Å². The van der Waals surface area contributed by atoms with Crippen LogP contribution in [-0.2, 0) is 4.79 Å². The first kappa shape index (κ1) is 21.3. The summed E-state index contributed by atoms with van der Waals surface area (Å²) in [6, 6.07) is 23.4. The maximum atomic E-state index is 12.6. The average molecular weight is 445 g/mol. The summed E-state index contributed by atoms with van der Waals surface area (Å²) in [6.45, 7) is 0. The molecule has 0 aliphatic carbocycles. The number of ketones is 1. The first-order valence-corrected chi connectivity index (χ1v) is 10.8. The minimum absolute atomic E-state index is 0.0938. The molecule has 0 spiro atoms. The lowest BCUT2D eigenvalue weighted by atomic mass is 10.0. The fourth-order valence-electron chi connectivity index (χ4n) is 3.06. The Hall–Kier alpha value is -3.91. The van der Waals surface area contributed by atoms with E-state index in [0.717, 1.165) is 11.4 Å². The average Bonchev–Trinajstić information content (AvgIpc) is 3.32. The van der Waals surface area contributed by atoms with E-state index in [1.807, 2.05) is 42.5 Å². The molecule has 0 aliphatic rings. The van der Waals surface area contributed by atoms with Gasteiger partial charge in [-0.15, -0.1) is 10.2 Å². The van der Waals surface area contributed by atoms with E-state index < -0.39 is 0 Å². The van der Waals surface area contributed by atoms with Crippen LogP contribution in [0, 0.1) is 0 Å². The Morgan fingerprint density at radius 3 is 2.47 bits per heavy atom. The molecule has 1 N–H and O–H groups in total. The normalized spacial score (nSPS) is 10.5. The van der Waals surface area contributed by atoms with E-state index in [2.05, 4.69) is 15.5 Å². The summed E-state index contributed by atoms with van der Waals surface area (Å²) in [5, 5.41) is 11.5. The van der Waals surface area contributed by atoms with Gasteiger partial charge in [0.05, 0.1) is 12.9 Å². The van der Waals surface area contributed by atoms with Gasteiger partial charge in [0.1, 0.15) is 12.1 Å². The quantitative estimate of drug-likeness (QED) is 0.323. The Kier molecular flexibility index (Phi) is 6.62. The van der Waals surface area contributed by atoms with Crippen molar-refractivity contribution in [3.05, 3.63) is 96.3 Å². The zero-order valence-electron chi connectivity index (χ0n) is 17.3. The number of hydrogen-bond acceptors (Lipinski definition) is 6. The molecule has 4 rings (SSSR count). The molecular weight excluding hydrogens is 424 g/mol. The van der Waals surface area contributed by atoms with E-state index in [9.17, 15) is 9.59 Å². The standard InChI is InChI=1S/C24H20N4O3S/c1-31-21-12-10-20(11-13-21)28-16-25-27-24(28)32-15-22(29)26-19-9-5-8-18(14-19)23(30)17-6-3-2-4-7-17/h2-14,16H,15H2,1H3,(H,26,29). The van der Waals surface area contributed by atoms with Crippen LogP contribution in [0.3, 0.4) is 0 Å². The second-order valence-corrected chi connectivity index (χ2v) is 7.74. The summed E-state index contributed by atoms with van der Waals surface area (Å²) in [5.41, 5.74) is 2.55. The second kappa shape index (κ2) is 9.93. The smallest absolute Gasteiger partial charge is 0.234 e. The number of carbonyl (C=O) groups excluding carboxylic acids is 2. The number of rotatable bonds is 8. The maximum absolute atomic E-state index is 12.6. The molecule has 1 heterocycles. The van der Waals surface area contributed by atoms with Crippen molar-refractivity contribution in [2.75, 3.05) is 18.2 Å². The van der Waals surface area contributed by atoms with Crippen molar-refractivity contribution >= 4 is 29.1 Å². The summed E-state index contributed by atoms with van der Waals surface area (Å²) in [6.07, 6.45) is 1.60. The first-order valence-electron chi connectivity index (χ1n) is 9.81. The molecule has 0 radical (unpaired) electrons. The van der Waals surface area contributed by atoms with Crippen LogP contribution in [0.2, 0.25) is 0 Å². The van der Waals surface area contributed by atoms with Crippen LogP contribution in [0.4, 0.5) is 5.69 Å². The zero-order chi connectivity index (χ0) is 22.3. The van der Waals surface area contributed by atoms with Crippen LogP contribution in [-0.4, -0.2) is 39.3 Å². The lowest BCUT2D eigenvalue weighted by Crippen LogP contribution is -2.15. The molecule has 0 bridgehead atoms. The predicted molar refractivity (Wildman–Crippen MR) is 124 cm³/mol. The highest BCUT2D eigenvalue weighted by molar-refractivity contribution is 7.99. The van der Waals surface area contributed by atoms with E-state index in [1.165, 1.54) is 11.8 Å². The van der Waals surface area contributed by atoms with Gasteiger partial charge in [-0.2, -0.15) is 0 Å². The molecule has 3 aromatic carbocycles. The highest BCUT2D eigenvalue weighted by Crippen LogP contribution is 2.22. The van der Waals surface area contributed by atoms with Crippen LogP contribution < -0.4 is 10.1 Å². The molecule has 0 aliphatic heterocycles. The van der Waals surface area contributed by atoms with Gasteiger partial charge in [0.2, 0.25) is 5.91 Å². The van der Waals surface area contributed by atoms with Gasteiger partial charge in [0.25, 0.3) is 0 Å². The van der Waals surface area contributed by atoms with Gasteiger partial charge in [0.15, 0.2) is 10.9 Å². The van der Waals surface area contributed by atoms with Crippen molar-refractivity contribution in [1.29, 1.82) is 0 Å².